The van der Waals surface area contributed by atoms with Crippen LogP contribution in [0.3, 0.4) is 0 Å². The molecule has 0 saturated heterocycles. The average Bonchev–Trinajstić information content (AvgIpc) is 2.40. The van der Waals surface area contributed by atoms with Crippen LogP contribution in [0.1, 0.15) is 10.5 Å². The maximum Gasteiger partial charge on any atom is 0.354 e. The number of ether oxygens (including phenoxy) is 1. The predicted octanol–water partition coefficient (Wildman–Crippen LogP) is 1.56. The fraction of sp³-hybridized carbons (Fsp3) is 0.0769. The molecule has 0 bridgehead atoms. The summed E-state index contributed by atoms with van der Waals surface area (Å²) in [6.07, 6.45) is 1.10. The van der Waals surface area contributed by atoms with Crippen molar-refractivity contribution in [3.05, 3.63) is 42.1 Å². The van der Waals surface area contributed by atoms with Crippen molar-refractivity contribution in [3.8, 4) is 11.6 Å². The number of carbonyl (C=O) groups is 1. The van der Waals surface area contributed by atoms with E-state index in [2.05, 4.69) is 4.98 Å². The standard InChI is InChI=1S/C13H12N2O5S/c1-21(18,19)9-4-2-8(3-5-9)20-12-10(14)6-7-11(15-12)13(16)17/h2-7H,14H2,1H3,(H,16,17). The van der Waals surface area contributed by atoms with Crippen LogP contribution >= 0.6 is 0 Å². The fourth-order valence-electron chi connectivity index (χ4n) is 1.52. The number of hydrogen-bond donors (Lipinski definition) is 2. The number of aromatic carboxylic acids is 1. The molecule has 3 N–H and O–H groups in total. The van der Waals surface area contributed by atoms with Crippen LogP contribution in [-0.4, -0.2) is 30.7 Å². The van der Waals surface area contributed by atoms with Crippen molar-refractivity contribution in [1.82, 2.24) is 4.98 Å². The SMILES string of the molecule is CS(=O)(=O)c1ccc(Oc2nc(C(=O)O)ccc2N)cc1. The number of anilines is 1. The lowest BCUT2D eigenvalue weighted by Crippen LogP contribution is -2.03. The fourth-order valence-corrected chi connectivity index (χ4v) is 2.15. The summed E-state index contributed by atoms with van der Waals surface area (Å²) in [5.41, 5.74) is 5.63. The minimum absolute atomic E-state index is 0.0537. The molecule has 0 aliphatic heterocycles. The lowest BCUT2D eigenvalue weighted by atomic mass is 10.3. The van der Waals surface area contributed by atoms with Gasteiger partial charge in [0.25, 0.3) is 0 Å². The maximum atomic E-state index is 11.3. The van der Waals surface area contributed by atoms with Gasteiger partial charge in [0.05, 0.1) is 10.6 Å². The highest BCUT2D eigenvalue weighted by molar-refractivity contribution is 7.90. The van der Waals surface area contributed by atoms with Gasteiger partial charge in [0.1, 0.15) is 5.75 Å². The van der Waals surface area contributed by atoms with Gasteiger partial charge in [-0.3, -0.25) is 0 Å². The summed E-state index contributed by atoms with van der Waals surface area (Å²) in [5.74, 6) is -0.960. The second kappa shape index (κ2) is 5.41. The summed E-state index contributed by atoms with van der Waals surface area (Å²) in [4.78, 5) is 14.8. The van der Waals surface area contributed by atoms with Gasteiger partial charge in [-0.25, -0.2) is 18.2 Å². The van der Waals surface area contributed by atoms with Crippen LogP contribution in [0.25, 0.3) is 0 Å². The van der Waals surface area contributed by atoms with E-state index in [-0.39, 0.29) is 22.2 Å². The van der Waals surface area contributed by atoms with Crippen molar-refractivity contribution >= 4 is 21.5 Å². The number of aromatic nitrogens is 1. The van der Waals surface area contributed by atoms with E-state index < -0.39 is 15.8 Å². The molecule has 0 aliphatic carbocycles. The van der Waals surface area contributed by atoms with Gasteiger partial charge in [-0.1, -0.05) is 0 Å². The molecular weight excluding hydrogens is 296 g/mol. The van der Waals surface area contributed by atoms with Crippen LogP contribution in [0.15, 0.2) is 41.3 Å². The molecule has 0 amide bonds. The van der Waals surface area contributed by atoms with E-state index >= 15 is 0 Å². The summed E-state index contributed by atoms with van der Waals surface area (Å²) in [6, 6.07) is 8.26. The highest BCUT2D eigenvalue weighted by atomic mass is 32.2. The Morgan fingerprint density at radius 1 is 1.19 bits per heavy atom. The Labute approximate surface area is 120 Å². The third-order valence-corrected chi connectivity index (χ3v) is 3.70. The summed E-state index contributed by atoms with van der Waals surface area (Å²) < 4.78 is 28.0. The second-order valence-corrected chi connectivity index (χ2v) is 6.26. The number of pyridine rings is 1. The number of carboxylic acids is 1. The highest BCUT2D eigenvalue weighted by Gasteiger charge is 2.11. The van der Waals surface area contributed by atoms with Gasteiger partial charge in [0.2, 0.25) is 5.88 Å². The molecule has 1 heterocycles. The summed E-state index contributed by atoms with van der Waals surface area (Å²) in [6.45, 7) is 0. The quantitative estimate of drug-likeness (QED) is 0.879. The molecule has 0 aliphatic rings. The first-order chi connectivity index (χ1) is 9.77. The van der Waals surface area contributed by atoms with Crippen molar-refractivity contribution in [2.24, 2.45) is 0 Å². The molecule has 110 valence electrons. The number of rotatable bonds is 4. The molecule has 8 heteroatoms. The number of benzene rings is 1. The first-order valence-electron chi connectivity index (χ1n) is 5.75. The lowest BCUT2D eigenvalue weighted by Gasteiger charge is -2.08. The molecule has 0 atom stereocenters. The largest absolute Gasteiger partial charge is 0.477 e. The Hall–Kier alpha value is -2.61. The Balaban J connectivity index is 2.30. The van der Waals surface area contributed by atoms with E-state index in [1.165, 1.54) is 36.4 Å². The average molecular weight is 308 g/mol. The topological polar surface area (TPSA) is 120 Å². The van der Waals surface area contributed by atoms with E-state index in [9.17, 15) is 13.2 Å². The number of sulfone groups is 1. The molecule has 1 aromatic carbocycles. The van der Waals surface area contributed by atoms with Crippen LogP contribution in [0.2, 0.25) is 0 Å². The predicted molar refractivity (Wildman–Crippen MR) is 75.2 cm³/mol. The summed E-state index contributed by atoms with van der Waals surface area (Å²) in [5, 5.41) is 8.87. The molecule has 0 spiro atoms. The number of nitrogens with two attached hydrogens (primary N) is 1. The molecule has 7 nitrogen and oxygen atoms in total. The highest BCUT2D eigenvalue weighted by Crippen LogP contribution is 2.26. The van der Waals surface area contributed by atoms with Gasteiger partial charge in [-0.2, -0.15) is 0 Å². The van der Waals surface area contributed by atoms with Crippen molar-refractivity contribution < 1.29 is 23.1 Å². The van der Waals surface area contributed by atoms with E-state index in [1.807, 2.05) is 0 Å². The van der Waals surface area contributed by atoms with Crippen molar-refractivity contribution in [2.45, 2.75) is 4.90 Å². The van der Waals surface area contributed by atoms with Gasteiger partial charge in [-0.15, -0.1) is 0 Å². The van der Waals surface area contributed by atoms with Gasteiger partial charge >= 0.3 is 5.97 Å². The van der Waals surface area contributed by atoms with Gasteiger partial charge in [0.15, 0.2) is 15.5 Å². The minimum atomic E-state index is -3.29. The molecule has 0 fully saturated rings. The molecule has 21 heavy (non-hydrogen) atoms. The second-order valence-electron chi connectivity index (χ2n) is 4.24. The van der Waals surface area contributed by atoms with Crippen molar-refractivity contribution in [1.29, 1.82) is 0 Å². The van der Waals surface area contributed by atoms with Crippen molar-refractivity contribution in [3.63, 3.8) is 0 Å². The minimum Gasteiger partial charge on any atom is -0.477 e. The number of nitrogens with zero attached hydrogens (tertiary/aromatic N) is 1. The molecule has 1 aromatic heterocycles. The lowest BCUT2D eigenvalue weighted by molar-refractivity contribution is 0.0689. The molecule has 2 aromatic rings. The van der Waals surface area contributed by atoms with E-state index in [0.29, 0.717) is 5.75 Å². The van der Waals surface area contributed by atoms with Crippen LogP contribution in [0, 0.1) is 0 Å². The zero-order valence-electron chi connectivity index (χ0n) is 11.0. The summed E-state index contributed by atoms with van der Waals surface area (Å²) in [7, 11) is -3.29. The molecule has 2 rings (SSSR count). The monoisotopic (exact) mass is 308 g/mol. The van der Waals surface area contributed by atoms with E-state index in [0.717, 1.165) is 6.26 Å². The van der Waals surface area contributed by atoms with Crippen LogP contribution in [0.5, 0.6) is 11.6 Å². The Morgan fingerprint density at radius 3 is 2.33 bits per heavy atom. The van der Waals surface area contributed by atoms with E-state index in [1.54, 1.807) is 0 Å². The van der Waals surface area contributed by atoms with Crippen LogP contribution in [-0.2, 0) is 9.84 Å². The van der Waals surface area contributed by atoms with Gasteiger partial charge in [0, 0.05) is 6.26 Å². The molecule has 0 unspecified atom stereocenters. The Morgan fingerprint density at radius 2 is 1.81 bits per heavy atom. The molecular formula is C13H12N2O5S. The normalized spacial score (nSPS) is 11.1. The summed E-state index contributed by atoms with van der Waals surface area (Å²) >= 11 is 0. The first kappa shape index (κ1) is 14.8. The smallest absolute Gasteiger partial charge is 0.354 e. The molecule has 0 radical (unpaired) electrons. The van der Waals surface area contributed by atoms with Crippen LogP contribution in [0.4, 0.5) is 5.69 Å². The first-order valence-corrected chi connectivity index (χ1v) is 7.64. The van der Waals surface area contributed by atoms with Crippen molar-refractivity contribution in [2.75, 3.05) is 12.0 Å². The number of carboxylic acid groups (broad SMARTS) is 1. The third kappa shape index (κ3) is 3.48. The third-order valence-electron chi connectivity index (χ3n) is 2.58. The molecule has 0 saturated carbocycles. The maximum absolute atomic E-state index is 11.3. The van der Waals surface area contributed by atoms with Gasteiger partial charge < -0.3 is 15.6 Å². The number of hydrogen-bond acceptors (Lipinski definition) is 6. The Kier molecular flexibility index (Phi) is 3.81. The number of nitrogen functional groups attached to an aromatic ring is 1. The zero-order chi connectivity index (χ0) is 15.6. The van der Waals surface area contributed by atoms with Crippen LogP contribution < -0.4 is 10.5 Å². The zero-order valence-corrected chi connectivity index (χ0v) is 11.8. The van der Waals surface area contributed by atoms with E-state index in [4.69, 9.17) is 15.6 Å². The van der Waals surface area contributed by atoms with Gasteiger partial charge in [-0.05, 0) is 36.4 Å². The Bertz CT molecular complexity index is 785.